The lowest BCUT2D eigenvalue weighted by atomic mass is 9.83. The van der Waals surface area contributed by atoms with Crippen molar-refractivity contribution in [3.8, 4) is 5.82 Å². The third-order valence-electron chi connectivity index (χ3n) is 5.66. The minimum absolute atomic E-state index is 0.0112. The first-order valence-corrected chi connectivity index (χ1v) is 9.87. The zero-order valence-corrected chi connectivity index (χ0v) is 15.7. The first kappa shape index (κ1) is 18.4. The van der Waals surface area contributed by atoms with Crippen LogP contribution in [0.5, 0.6) is 0 Å². The predicted octanol–water partition coefficient (Wildman–Crippen LogP) is 2.35. The molecule has 0 bridgehead atoms. The van der Waals surface area contributed by atoms with Crippen molar-refractivity contribution >= 4 is 17.5 Å². The van der Waals surface area contributed by atoms with Crippen LogP contribution in [-0.4, -0.2) is 38.9 Å². The average molecular weight is 380 g/mol. The quantitative estimate of drug-likeness (QED) is 0.882. The number of anilines is 1. The number of hydrogen-bond donors (Lipinski definition) is 1. The number of pyridine rings is 2. The number of nitrogens with zero attached hydrogens (tertiary/aromatic N) is 3. The Morgan fingerprint density at radius 3 is 2.50 bits per heavy atom. The van der Waals surface area contributed by atoms with Crippen LogP contribution in [0.25, 0.3) is 5.82 Å². The molecule has 146 valence electrons. The van der Waals surface area contributed by atoms with Gasteiger partial charge in [0.25, 0.3) is 0 Å². The molecule has 1 saturated carbocycles. The molecule has 2 aliphatic rings. The molecule has 7 nitrogen and oxygen atoms in total. The summed E-state index contributed by atoms with van der Waals surface area (Å²) in [6.45, 7) is 0.767. The van der Waals surface area contributed by atoms with Crippen LogP contribution in [0.3, 0.4) is 0 Å². The molecule has 0 radical (unpaired) electrons. The van der Waals surface area contributed by atoms with Crippen molar-refractivity contribution in [1.29, 1.82) is 0 Å². The van der Waals surface area contributed by atoms with Crippen molar-refractivity contribution in [2.45, 2.75) is 44.6 Å². The Balaban J connectivity index is 1.45. The van der Waals surface area contributed by atoms with E-state index < -0.39 is 0 Å². The van der Waals surface area contributed by atoms with Crippen LogP contribution >= 0.6 is 0 Å². The molecule has 1 aliphatic heterocycles. The molecular formula is C21H24N4O3. The zero-order valence-electron chi connectivity index (χ0n) is 15.7. The van der Waals surface area contributed by atoms with E-state index in [4.69, 9.17) is 0 Å². The summed E-state index contributed by atoms with van der Waals surface area (Å²) in [4.78, 5) is 42.6. The Morgan fingerprint density at radius 1 is 1.04 bits per heavy atom. The molecule has 2 fully saturated rings. The highest BCUT2D eigenvalue weighted by Gasteiger charge is 2.38. The SMILES string of the molecule is O=C(Nc1ccc(-n2ccc(=O)cc2)nc1)[C@@H]1CCCC[C@@H]1N1CCCC1=O. The van der Waals surface area contributed by atoms with E-state index >= 15 is 0 Å². The van der Waals surface area contributed by atoms with Gasteiger partial charge in [0.2, 0.25) is 11.8 Å². The van der Waals surface area contributed by atoms with E-state index in [9.17, 15) is 14.4 Å². The van der Waals surface area contributed by atoms with Gasteiger partial charge >= 0.3 is 0 Å². The number of aromatic nitrogens is 2. The van der Waals surface area contributed by atoms with Crippen molar-refractivity contribution in [2.75, 3.05) is 11.9 Å². The molecule has 0 spiro atoms. The first-order valence-electron chi connectivity index (χ1n) is 9.87. The fraction of sp³-hybridized carbons (Fsp3) is 0.429. The second kappa shape index (κ2) is 7.96. The number of carbonyl (C=O) groups excluding carboxylic acids is 2. The topological polar surface area (TPSA) is 84.3 Å². The summed E-state index contributed by atoms with van der Waals surface area (Å²) in [5.41, 5.74) is 0.575. The summed E-state index contributed by atoms with van der Waals surface area (Å²) in [7, 11) is 0. The molecule has 1 N–H and O–H groups in total. The van der Waals surface area contributed by atoms with Gasteiger partial charge in [0.15, 0.2) is 5.43 Å². The van der Waals surface area contributed by atoms with Gasteiger partial charge in [-0.1, -0.05) is 12.8 Å². The van der Waals surface area contributed by atoms with Crippen molar-refractivity contribution in [2.24, 2.45) is 5.92 Å². The van der Waals surface area contributed by atoms with Gasteiger partial charge in [-0.2, -0.15) is 0 Å². The molecule has 2 aromatic rings. The lowest BCUT2D eigenvalue weighted by Gasteiger charge is -2.37. The number of carbonyl (C=O) groups is 2. The van der Waals surface area contributed by atoms with Crippen LogP contribution in [0, 0.1) is 5.92 Å². The standard InChI is InChI=1S/C21H24N4O3/c26-16-9-12-24(13-10-16)19-8-7-15(14-22-19)23-21(28)17-4-1-2-5-18(17)25-11-3-6-20(25)27/h7-10,12-14,17-18H,1-6,11H2,(H,23,28)/t17-,18+/m1/s1. The molecule has 28 heavy (non-hydrogen) atoms. The number of nitrogens with one attached hydrogen (secondary N) is 1. The third-order valence-corrected chi connectivity index (χ3v) is 5.66. The molecule has 2 amide bonds. The van der Waals surface area contributed by atoms with E-state index in [0.29, 0.717) is 17.9 Å². The number of rotatable bonds is 4. The summed E-state index contributed by atoms with van der Waals surface area (Å²) in [5.74, 6) is 0.629. The fourth-order valence-corrected chi connectivity index (χ4v) is 4.22. The molecule has 7 heteroatoms. The number of likely N-dealkylation sites (tertiary alicyclic amines) is 1. The molecular weight excluding hydrogens is 356 g/mol. The molecule has 1 aliphatic carbocycles. The minimum Gasteiger partial charge on any atom is -0.339 e. The van der Waals surface area contributed by atoms with Gasteiger partial charge in [-0.3, -0.25) is 14.4 Å². The van der Waals surface area contributed by atoms with Crippen LogP contribution < -0.4 is 10.7 Å². The lowest BCUT2D eigenvalue weighted by Crippen LogP contribution is -2.47. The summed E-state index contributed by atoms with van der Waals surface area (Å²) in [6.07, 6.45) is 10.2. The Hall–Kier alpha value is -2.96. The summed E-state index contributed by atoms with van der Waals surface area (Å²) < 4.78 is 1.74. The monoisotopic (exact) mass is 380 g/mol. The van der Waals surface area contributed by atoms with E-state index in [-0.39, 0.29) is 29.2 Å². The zero-order chi connectivity index (χ0) is 19.5. The summed E-state index contributed by atoms with van der Waals surface area (Å²) >= 11 is 0. The van der Waals surface area contributed by atoms with Gasteiger partial charge in [0, 0.05) is 43.5 Å². The van der Waals surface area contributed by atoms with Crippen LogP contribution in [0.4, 0.5) is 5.69 Å². The van der Waals surface area contributed by atoms with Gasteiger partial charge in [0.05, 0.1) is 17.8 Å². The van der Waals surface area contributed by atoms with Gasteiger partial charge in [-0.05, 0) is 31.4 Å². The molecule has 2 aromatic heterocycles. The van der Waals surface area contributed by atoms with Crippen LogP contribution in [-0.2, 0) is 9.59 Å². The Labute approximate surface area is 163 Å². The molecule has 3 heterocycles. The van der Waals surface area contributed by atoms with Gasteiger partial charge in [-0.25, -0.2) is 4.98 Å². The smallest absolute Gasteiger partial charge is 0.229 e. The van der Waals surface area contributed by atoms with Crippen molar-refractivity contribution in [1.82, 2.24) is 14.5 Å². The van der Waals surface area contributed by atoms with E-state index in [2.05, 4.69) is 10.3 Å². The second-order valence-electron chi connectivity index (χ2n) is 7.48. The fourth-order valence-electron chi connectivity index (χ4n) is 4.22. The van der Waals surface area contributed by atoms with E-state index in [0.717, 1.165) is 38.6 Å². The largest absolute Gasteiger partial charge is 0.339 e. The van der Waals surface area contributed by atoms with Crippen LogP contribution in [0.2, 0.25) is 0 Å². The normalized spacial score (nSPS) is 22.3. The molecule has 1 saturated heterocycles. The Morgan fingerprint density at radius 2 is 1.82 bits per heavy atom. The van der Waals surface area contributed by atoms with E-state index in [1.807, 2.05) is 4.90 Å². The van der Waals surface area contributed by atoms with Gasteiger partial charge < -0.3 is 14.8 Å². The Kier molecular flexibility index (Phi) is 5.23. The lowest BCUT2D eigenvalue weighted by molar-refractivity contribution is -0.133. The minimum atomic E-state index is -0.172. The second-order valence-corrected chi connectivity index (χ2v) is 7.48. The van der Waals surface area contributed by atoms with E-state index in [1.54, 1.807) is 35.3 Å². The van der Waals surface area contributed by atoms with Crippen molar-refractivity contribution in [3.63, 3.8) is 0 Å². The van der Waals surface area contributed by atoms with Gasteiger partial charge in [-0.15, -0.1) is 0 Å². The summed E-state index contributed by atoms with van der Waals surface area (Å²) in [6, 6.07) is 6.55. The average Bonchev–Trinajstić information content (AvgIpc) is 3.15. The highest BCUT2D eigenvalue weighted by Crippen LogP contribution is 2.32. The predicted molar refractivity (Wildman–Crippen MR) is 105 cm³/mol. The maximum atomic E-state index is 12.9. The highest BCUT2D eigenvalue weighted by atomic mass is 16.2. The number of hydrogen-bond acceptors (Lipinski definition) is 4. The van der Waals surface area contributed by atoms with E-state index in [1.165, 1.54) is 12.1 Å². The summed E-state index contributed by atoms with van der Waals surface area (Å²) in [5, 5.41) is 2.97. The molecule has 2 atom stereocenters. The van der Waals surface area contributed by atoms with Gasteiger partial charge in [0.1, 0.15) is 5.82 Å². The molecule has 4 rings (SSSR count). The van der Waals surface area contributed by atoms with Crippen LogP contribution in [0.15, 0.2) is 47.7 Å². The van der Waals surface area contributed by atoms with Crippen molar-refractivity contribution in [3.05, 3.63) is 53.1 Å². The maximum Gasteiger partial charge on any atom is 0.229 e. The van der Waals surface area contributed by atoms with Crippen LogP contribution in [0.1, 0.15) is 38.5 Å². The molecule has 0 unspecified atom stereocenters. The first-order chi connectivity index (χ1) is 13.6. The van der Waals surface area contributed by atoms with Crippen molar-refractivity contribution < 1.29 is 9.59 Å². The third kappa shape index (κ3) is 3.83. The number of amides is 2. The molecule has 0 aromatic carbocycles. The maximum absolute atomic E-state index is 12.9. The Bertz CT molecular complexity index is 901. The highest BCUT2D eigenvalue weighted by molar-refractivity contribution is 5.93.